The first-order chi connectivity index (χ1) is 7.65. The summed E-state index contributed by atoms with van der Waals surface area (Å²) in [5.41, 5.74) is 1.92. The lowest BCUT2D eigenvalue weighted by Gasteiger charge is -2.00. The van der Waals surface area contributed by atoms with Gasteiger partial charge in [0.1, 0.15) is 0 Å². The Bertz CT molecular complexity index is 475. The van der Waals surface area contributed by atoms with E-state index in [2.05, 4.69) is 34.2 Å². The number of hydrogen-bond acceptors (Lipinski definition) is 4. The summed E-state index contributed by atoms with van der Waals surface area (Å²) < 4.78 is 0. The fourth-order valence-electron chi connectivity index (χ4n) is 1.45. The van der Waals surface area contributed by atoms with Crippen LogP contribution in [0, 0.1) is 12.8 Å². The van der Waals surface area contributed by atoms with Crippen LogP contribution in [-0.4, -0.2) is 25.2 Å². The molecule has 0 aliphatic heterocycles. The van der Waals surface area contributed by atoms with Gasteiger partial charge < -0.3 is 0 Å². The molecule has 0 aliphatic rings. The second-order valence-electron chi connectivity index (χ2n) is 4.25. The molecule has 0 atom stereocenters. The molecule has 2 heterocycles. The van der Waals surface area contributed by atoms with Crippen molar-refractivity contribution in [2.45, 2.75) is 27.3 Å². The molecule has 0 unspecified atom stereocenters. The lowest BCUT2D eigenvalue weighted by Crippen LogP contribution is -2.07. The van der Waals surface area contributed by atoms with Gasteiger partial charge in [0.2, 0.25) is 5.82 Å². The van der Waals surface area contributed by atoms with Crippen LogP contribution in [0.2, 0.25) is 0 Å². The van der Waals surface area contributed by atoms with E-state index in [-0.39, 0.29) is 0 Å². The van der Waals surface area contributed by atoms with E-state index in [1.807, 2.05) is 19.1 Å². The monoisotopic (exact) mass is 217 g/mol. The fourth-order valence-corrected chi connectivity index (χ4v) is 1.45. The van der Waals surface area contributed by atoms with E-state index in [0.29, 0.717) is 11.7 Å². The Morgan fingerprint density at radius 1 is 1.38 bits per heavy atom. The van der Waals surface area contributed by atoms with Crippen molar-refractivity contribution in [3.05, 3.63) is 24.0 Å². The van der Waals surface area contributed by atoms with Crippen LogP contribution in [0.1, 0.15) is 19.5 Å². The van der Waals surface area contributed by atoms with Crippen LogP contribution in [-0.2, 0) is 6.54 Å². The van der Waals surface area contributed by atoms with Gasteiger partial charge in [-0.05, 0) is 30.2 Å². The number of rotatable bonds is 3. The van der Waals surface area contributed by atoms with Crippen molar-refractivity contribution >= 4 is 0 Å². The number of aromatic nitrogens is 5. The third-order valence-corrected chi connectivity index (χ3v) is 2.14. The number of hydrogen-bond donors (Lipinski definition) is 0. The largest absolute Gasteiger partial charge is 0.262 e. The Hall–Kier alpha value is -1.78. The maximum atomic E-state index is 4.33. The summed E-state index contributed by atoms with van der Waals surface area (Å²) in [7, 11) is 0. The van der Waals surface area contributed by atoms with Crippen LogP contribution in [0.4, 0.5) is 0 Å². The van der Waals surface area contributed by atoms with Gasteiger partial charge in [-0.3, -0.25) is 4.98 Å². The molecular formula is C11H15N5. The van der Waals surface area contributed by atoms with Crippen LogP contribution >= 0.6 is 0 Å². The maximum absolute atomic E-state index is 4.33. The van der Waals surface area contributed by atoms with Crippen LogP contribution in [0.5, 0.6) is 0 Å². The minimum absolute atomic E-state index is 0.515. The third-order valence-electron chi connectivity index (χ3n) is 2.14. The molecule has 0 fully saturated rings. The fraction of sp³-hybridized carbons (Fsp3) is 0.455. The van der Waals surface area contributed by atoms with Gasteiger partial charge in [0.15, 0.2) is 0 Å². The molecule has 0 saturated carbocycles. The second kappa shape index (κ2) is 4.38. The summed E-state index contributed by atoms with van der Waals surface area (Å²) in [6.45, 7) is 6.98. The van der Waals surface area contributed by atoms with E-state index in [1.165, 1.54) is 0 Å². The van der Waals surface area contributed by atoms with Crippen molar-refractivity contribution in [1.29, 1.82) is 0 Å². The highest BCUT2D eigenvalue weighted by Crippen LogP contribution is 2.13. The first-order valence-corrected chi connectivity index (χ1v) is 5.36. The summed E-state index contributed by atoms with van der Waals surface area (Å²) in [6, 6.07) is 3.85. The van der Waals surface area contributed by atoms with Crippen LogP contribution in [0.15, 0.2) is 18.3 Å². The Morgan fingerprint density at radius 2 is 2.19 bits per heavy atom. The minimum Gasteiger partial charge on any atom is -0.262 e. The Balaban J connectivity index is 2.24. The summed E-state index contributed by atoms with van der Waals surface area (Å²) in [5.74, 6) is 1.17. The van der Waals surface area contributed by atoms with E-state index in [9.17, 15) is 0 Å². The molecule has 2 rings (SSSR count). The quantitative estimate of drug-likeness (QED) is 0.785. The van der Waals surface area contributed by atoms with Gasteiger partial charge in [0, 0.05) is 17.5 Å². The molecule has 0 amide bonds. The zero-order chi connectivity index (χ0) is 11.5. The van der Waals surface area contributed by atoms with Crippen LogP contribution in [0.25, 0.3) is 11.4 Å². The number of nitrogens with zero attached hydrogens (tertiary/aromatic N) is 5. The van der Waals surface area contributed by atoms with E-state index < -0.39 is 0 Å². The Labute approximate surface area is 94.5 Å². The van der Waals surface area contributed by atoms with Gasteiger partial charge in [-0.2, -0.15) is 4.80 Å². The van der Waals surface area contributed by atoms with Crippen molar-refractivity contribution in [2.24, 2.45) is 5.92 Å². The van der Waals surface area contributed by atoms with Gasteiger partial charge in [-0.1, -0.05) is 13.8 Å². The molecule has 2 aromatic heterocycles. The van der Waals surface area contributed by atoms with E-state index in [4.69, 9.17) is 0 Å². The number of pyridine rings is 1. The standard InChI is InChI=1S/C11H15N5/c1-8(2)7-16-14-11(13-15-16)10-4-5-12-9(3)6-10/h4-6,8H,7H2,1-3H3. The molecule has 2 aromatic rings. The minimum atomic E-state index is 0.515. The van der Waals surface area contributed by atoms with Crippen LogP contribution < -0.4 is 0 Å². The molecule has 5 nitrogen and oxygen atoms in total. The summed E-state index contributed by atoms with van der Waals surface area (Å²) in [4.78, 5) is 5.77. The molecule has 0 bridgehead atoms. The molecule has 0 saturated heterocycles. The average molecular weight is 217 g/mol. The van der Waals surface area contributed by atoms with E-state index >= 15 is 0 Å². The molecule has 0 N–H and O–H groups in total. The lowest BCUT2D eigenvalue weighted by molar-refractivity contribution is 0.430. The molecule has 0 aromatic carbocycles. The molecular weight excluding hydrogens is 202 g/mol. The van der Waals surface area contributed by atoms with Crippen molar-refractivity contribution in [3.8, 4) is 11.4 Å². The highest BCUT2D eigenvalue weighted by Gasteiger charge is 2.06. The molecule has 5 heteroatoms. The van der Waals surface area contributed by atoms with Crippen molar-refractivity contribution in [2.75, 3.05) is 0 Å². The predicted octanol–water partition coefficient (Wildman–Crippen LogP) is 1.70. The average Bonchev–Trinajstić information content (AvgIpc) is 2.65. The topological polar surface area (TPSA) is 56.5 Å². The highest BCUT2D eigenvalue weighted by atomic mass is 15.6. The van der Waals surface area contributed by atoms with Gasteiger partial charge in [0.05, 0.1) is 6.54 Å². The normalized spacial score (nSPS) is 11.0. The summed E-state index contributed by atoms with van der Waals surface area (Å²) in [5, 5.41) is 12.4. The second-order valence-corrected chi connectivity index (χ2v) is 4.25. The lowest BCUT2D eigenvalue weighted by atomic mass is 10.2. The predicted molar refractivity (Wildman–Crippen MR) is 60.6 cm³/mol. The number of aryl methyl sites for hydroxylation is 1. The third kappa shape index (κ3) is 2.42. The van der Waals surface area contributed by atoms with Gasteiger partial charge in [-0.25, -0.2) is 0 Å². The highest BCUT2D eigenvalue weighted by molar-refractivity contribution is 5.53. The van der Waals surface area contributed by atoms with Gasteiger partial charge >= 0.3 is 0 Å². The SMILES string of the molecule is Cc1cc(-c2nnn(CC(C)C)n2)ccn1. The van der Waals surface area contributed by atoms with Crippen LogP contribution in [0.3, 0.4) is 0 Å². The smallest absolute Gasteiger partial charge is 0.205 e. The number of tetrazole rings is 1. The first kappa shape index (κ1) is 10.7. The zero-order valence-corrected chi connectivity index (χ0v) is 9.75. The van der Waals surface area contributed by atoms with E-state index in [1.54, 1.807) is 11.0 Å². The first-order valence-electron chi connectivity index (χ1n) is 5.36. The van der Waals surface area contributed by atoms with Crippen molar-refractivity contribution < 1.29 is 0 Å². The molecule has 0 aliphatic carbocycles. The van der Waals surface area contributed by atoms with Crippen molar-refractivity contribution in [3.63, 3.8) is 0 Å². The molecule has 0 radical (unpaired) electrons. The van der Waals surface area contributed by atoms with Gasteiger partial charge in [0.25, 0.3) is 0 Å². The van der Waals surface area contributed by atoms with Crippen molar-refractivity contribution in [1.82, 2.24) is 25.2 Å². The Morgan fingerprint density at radius 3 is 2.88 bits per heavy atom. The van der Waals surface area contributed by atoms with E-state index in [0.717, 1.165) is 17.8 Å². The zero-order valence-electron chi connectivity index (χ0n) is 9.75. The van der Waals surface area contributed by atoms with Gasteiger partial charge in [-0.15, -0.1) is 10.2 Å². The molecule has 84 valence electrons. The molecule has 16 heavy (non-hydrogen) atoms. The molecule has 0 spiro atoms. The Kier molecular flexibility index (Phi) is 2.94. The maximum Gasteiger partial charge on any atom is 0.205 e. The summed E-state index contributed by atoms with van der Waals surface area (Å²) >= 11 is 0. The summed E-state index contributed by atoms with van der Waals surface area (Å²) in [6.07, 6.45) is 1.76.